The Hall–Kier alpha value is -0.313. The topological polar surface area (TPSA) is 21.6 Å². The third-order valence-electron chi connectivity index (χ3n) is 2.16. The van der Waals surface area contributed by atoms with Gasteiger partial charge in [0.25, 0.3) is 9.04 Å². The van der Waals surface area contributed by atoms with E-state index in [4.69, 9.17) is 4.53 Å². The van der Waals surface area contributed by atoms with Crippen LogP contribution in [-0.4, -0.2) is 14.8 Å². The van der Waals surface area contributed by atoms with Gasteiger partial charge in [0, 0.05) is 0 Å². The van der Waals surface area contributed by atoms with Crippen LogP contribution in [0.25, 0.3) is 0 Å². The Morgan fingerprint density at radius 3 is 2.00 bits per heavy atom. The van der Waals surface area contributed by atoms with Crippen LogP contribution >= 0.6 is 0 Å². The average molecular weight is 201 g/mol. The lowest BCUT2D eigenvalue weighted by atomic mass is 10.3. The molecule has 3 heteroatoms. The number of hydrogen-bond acceptors (Lipinski definition) is 2. The van der Waals surface area contributed by atoms with Crippen molar-refractivity contribution in [3.8, 4) is 0 Å². The lowest BCUT2D eigenvalue weighted by Crippen LogP contribution is -2.23. The van der Waals surface area contributed by atoms with Crippen molar-refractivity contribution in [2.24, 2.45) is 5.16 Å². The summed E-state index contributed by atoms with van der Waals surface area (Å²) in [6.45, 7) is 13.0. The van der Waals surface area contributed by atoms with Gasteiger partial charge < -0.3 is 4.53 Å². The third-order valence-corrected chi connectivity index (χ3v) is 5.13. The van der Waals surface area contributed by atoms with Crippen molar-refractivity contribution in [3.05, 3.63) is 0 Å². The quantitative estimate of drug-likeness (QED) is 0.380. The molecule has 0 unspecified atom stereocenters. The van der Waals surface area contributed by atoms with E-state index in [-0.39, 0.29) is 0 Å². The molecule has 0 atom stereocenters. The molecule has 2 nitrogen and oxygen atoms in total. The van der Waals surface area contributed by atoms with Gasteiger partial charge in [-0.3, -0.25) is 0 Å². The summed E-state index contributed by atoms with van der Waals surface area (Å²) in [7, 11) is -1.14. The molecule has 0 aromatic rings. The lowest BCUT2D eigenvalue weighted by molar-refractivity contribution is 0.328. The Bertz CT molecular complexity index is 158. The number of nitrogens with zero attached hydrogens (tertiary/aromatic N) is 1. The smallest absolute Gasteiger partial charge is 0.277 e. The number of rotatable bonds is 5. The van der Waals surface area contributed by atoms with Gasteiger partial charge in [-0.05, 0) is 24.4 Å². The monoisotopic (exact) mass is 201 g/mol. The maximum absolute atomic E-state index is 5.64. The van der Waals surface area contributed by atoms with Gasteiger partial charge in [0.05, 0.1) is 5.71 Å². The SMILES string of the molecule is CCC(C)=NO[SiH](C(C)C)C(C)C. The standard InChI is InChI=1S/C10H23NOSi/c1-7-10(6)11-12-13(8(2)3)9(4)5/h8-9,13H,7H2,1-6H3. The van der Waals surface area contributed by atoms with Crippen molar-refractivity contribution in [2.75, 3.05) is 0 Å². The van der Waals surface area contributed by atoms with Crippen LogP contribution in [-0.2, 0) is 4.53 Å². The molecule has 0 bridgehead atoms. The Labute approximate surface area is 84.1 Å². The zero-order chi connectivity index (χ0) is 10.4. The highest BCUT2D eigenvalue weighted by molar-refractivity contribution is 6.54. The summed E-state index contributed by atoms with van der Waals surface area (Å²) in [5.41, 5.74) is 2.42. The summed E-state index contributed by atoms with van der Waals surface area (Å²) in [6.07, 6.45) is 0.983. The molecule has 0 amide bonds. The van der Waals surface area contributed by atoms with Crippen LogP contribution in [0.4, 0.5) is 0 Å². The van der Waals surface area contributed by atoms with Crippen LogP contribution in [0.15, 0.2) is 5.16 Å². The second-order valence-corrected chi connectivity index (χ2v) is 8.04. The molecular formula is C10H23NOSi. The molecule has 0 N–H and O–H groups in total. The van der Waals surface area contributed by atoms with Crippen LogP contribution < -0.4 is 0 Å². The molecule has 0 aromatic heterocycles. The predicted molar refractivity (Wildman–Crippen MR) is 61.8 cm³/mol. The molecular weight excluding hydrogens is 178 g/mol. The van der Waals surface area contributed by atoms with Crippen LogP contribution in [0.5, 0.6) is 0 Å². The first kappa shape index (κ1) is 12.7. The first-order valence-electron chi connectivity index (χ1n) is 5.18. The highest BCUT2D eigenvalue weighted by Gasteiger charge is 2.22. The van der Waals surface area contributed by atoms with Gasteiger partial charge in [-0.2, -0.15) is 0 Å². The molecule has 0 aliphatic rings. The Morgan fingerprint density at radius 2 is 1.69 bits per heavy atom. The molecule has 0 saturated heterocycles. The summed E-state index contributed by atoms with van der Waals surface area (Å²) >= 11 is 0. The van der Waals surface area contributed by atoms with Gasteiger partial charge in [0.2, 0.25) is 0 Å². The summed E-state index contributed by atoms with van der Waals surface area (Å²) in [5.74, 6) is 0. The Morgan fingerprint density at radius 1 is 1.23 bits per heavy atom. The molecule has 0 heterocycles. The van der Waals surface area contributed by atoms with Crippen LogP contribution in [0.1, 0.15) is 48.0 Å². The summed E-state index contributed by atoms with van der Waals surface area (Å²) < 4.78 is 5.64. The van der Waals surface area contributed by atoms with E-state index in [1.165, 1.54) is 0 Å². The molecule has 78 valence electrons. The van der Waals surface area contributed by atoms with Crippen molar-refractivity contribution >= 4 is 14.8 Å². The van der Waals surface area contributed by atoms with Crippen molar-refractivity contribution in [3.63, 3.8) is 0 Å². The Kier molecular flexibility index (Phi) is 6.04. The predicted octanol–water partition coefficient (Wildman–Crippen LogP) is 3.33. The molecule has 0 aliphatic heterocycles. The summed E-state index contributed by atoms with van der Waals surface area (Å²) in [6, 6.07) is 0. The molecule has 0 rings (SSSR count). The van der Waals surface area contributed by atoms with Gasteiger partial charge in [-0.15, -0.1) is 5.16 Å². The van der Waals surface area contributed by atoms with Gasteiger partial charge in [0.15, 0.2) is 0 Å². The zero-order valence-corrected chi connectivity index (χ0v) is 10.9. The molecule has 0 aliphatic carbocycles. The highest BCUT2D eigenvalue weighted by atomic mass is 28.3. The number of oxime groups is 1. The van der Waals surface area contributed by atoms with Gasteiger partial charge in [-0.1, -0.05) is 34.6 Å². The van der Waals surface area contributed by atoms with E-state index >= 15 is 0 Å². The molecule has 0 radical (unpaired) electrons. The minimum Gasteiger partial charge on any atom is -0.458 e. The fourth-order valence-electron chi connectivity index (χ4n) is 1.23. The largest absolute Gasteiger partial charge is 0.458 e. The van der Waals surface area contributed by atoms with E-state index in [2.05, 4.69) is 39.8 Å². The van der Waals surface area contributed by atoms with Crippen molar-refractivity contribution in [1.82, 2.24) is 0 Å². The van der Waals surface area contributed by atoms with E-state index in [1.54, 1.807) is 0 Å². The van der Waals surface area contributed by atoms with Gasteiger partial charge in [0.1, 0.15) is 0 Å². The summed E-state index contributed by atoms with van der Waals surface area (Å²) in [4.78, 5) is 0. The molecule has 0 fully saturated rings. The molecule has 0 aromatic carbocycles. The molecule has 13 heavy (non-hydrogen) atoms. The van der Waals surface area contributed by atoms with Crippen LogP contribution in [0, 0.1) is 0 Å². The fourth-order valence-corrected chi connectivity index (χ4v) is 3.56. The Balaban J connectivity index is 4.12. The maximum Gasteiger partial charge on any atom is 0.277 e. The minimum atomic E-state index is -1.14. The van der Waals surface area contributed by atoms with Crippen LogP contribution in [0.3, 0.4) is 0 Å². The van der Waals surface area contributed by atoms with E-state index in [0.717, 1.165) is 12.1 Å². The molecule has 0 saturated carbocycles. The van der Waals surface area contributed by atoms with E-state index in [0.29, 0.717) is 11.1 Å². The number of hydrogen-bond donors (Lipinski definition) is 0. The van der Waals surface area contributed by atoms with E-state index in [1.807, 2.05) is 6.92 Å². The third kappa shape index (κ3) is 5.08. The fraction of sp³-hybridized carbons (Fsp3) is 0.900. The zero-order valence-electron chi connectivity index (χ0n) is 9.79. The average Bonchev–Trinajstić information content (AvgIpc) is 2.03. The van der Waals surface area contributed by atoms with Crippen molar-refractivity contribution in [1.29, 1.82) is 0 Å². The van der Waals surface area contributed by atoms with Crippen molar-refractivity contribution in [2.45, 2.75) is 59.0 Å². The maximum atomic E-state index is 5.64. The minimum absolute atomic E-state index is 0.661. The van der Waals surface area contributed by atoms with Crippen LogP contribution in [0.2, 0.25) is 11.1 Å². The van der Waals surface area contributed by atoms with E-state index in [9.17, 15) is 0 Å². The first-order valence-corrected chi connectivity index (χ1v) is 6.98. The molecule has 0 spiro atoms. The highest BCUT2D eigenvalue weighted by Crippen LogP contribution is 2.21. The second kappa shape index (κ2) is 6.19. The van der Waals surface area contributed by atoms with Gasteiger partial charge in [-0.25, -0.2) is 0 Å². The van der Waals surface area contributed by atoms with Crippen molar-refractivity contribution < 1.29 is 4.53 Å². The van der Waals surface area contributed by atoms with E-state index < -0.39 is 9.04 Å². The normalized spacial score (nSPS) is 13.2. The van der Waals surface area contributed by atoms with Gasteiger partial charge >= 0.3 is 0 Å². The first-order chi connectivity index (χ1) is 5.99. The second-order valence-electron chi connectivity index (χ2n) is 4.24. The lowest BCUT2D eigenvalue weighted by Gasteiger charge is -2.20. The summed E-state index contributed by atoms with van der Waals surface area (Å²) in [5, 5.41) is 4.16.